The second-order valence-electron chi connectivity index (χ2n) is 8.95. The molecular formula is C26H35ClN2O5. The van der Waals surface area contributed by atoms with E-state index in [2.05, 4.69) is 5.32 Å². The van der Waals surface area contributed by atoms with Gasteiger partial charge in [0.15, 0.2) is 0 Å². The predicted octanol–water partition coefficient (Wildman–Crippen LogP) is 4.05. The molecule has 1 aliphatic carbocycles. The highest BCUT2D eigenvalue weighted by molar-refractivity contribution is 6.33. The van der Waals surface area contributed by atoms with Gasteiger partial charge in [0.05, 0.1) is 29.2 Å². The molecule has 1 fully saturated rings. The summed E-state index contributed by atoms with van der Waals surface area (Å²) in [6.45, 7) is 4.51. The Morgan fingerprint density at radius 2 is 1.91 bits per heavy atom. The molecule has 2 aliphatic rings. The van der Waals surface area contributed by atoms with Crippen molar-refractivity contribution in [3.63, 3.8) is 0 Å². The van der Waals surface area contributed by atoms with E-state index in [1.165, 1.54) is 0 Å². The zero-order valence-electron chi connectivity index (χ0n) is 19.9. The summed E-state index contributed by atoms with van der Waals surface area (Å²) >= 11 is 6.26. The number of anilines is 1. The van der Waals surface area contributed by atoms with Gasteiger partial charge in [-0.15, -0.1) is 0 Å². The first-order valence-corrected chi connectivity index (χ1v) is 12.6. The van der Waals surface area contributed by atoms with Gasteiger partial charge in [-0.25, -0.2) is 0 Å². The molecule has 1 saturated heterocycles. The molecule has 0 unspecified atom stereocenters. The lowest BCUT2D eigenvalue weighted by atomic mass is 9.69. The number of aliphatic hydroxyl groups is 1. The fourth-order valence-corrected chi connectivity index (χ4v) is 5.43. The van der Waals surface area contributed by atoms with E-state index < -0.39 is 23.8 Å². The van der Waals surface area contributed by atoms with E-state index in [9.17, 15) is 14.4 Å². The van der Waals surface area contributed by atoms with E-state index in [1.54, 1.807) is 36.1 Å². The molecule has 0 aromatic heterocycles. The van der Waals surface area contributed by atoms with Gasteiger partial charge in [0.25, 0.3) is 0 Å². The normalized spacial score (nSPS) is 25.8. The van der Waals surface area contributed by atoms with Crippen molar-refractivity contribution < 1.29 is 24.2 Å². The number of aliphatic hydroxyl groups excluding tert-OH is 1. The average molecular weight is 491 g/mol. The Bertz CT molecular complexity index is 905. The molecular weight excluding hydrogens is 456 g/mol. The summed E-state index contributed by atoms with van der Waals surface area (Å²) in [5, 5.41) is 12.4. The number of esters is 1. The molecule has 8 heteroatoms. The van der Waals surface area contributed by atoms with Gasteiger partial charge in [-0.2, -0.15) is 0 Å². The number of hydrogen-bond acceptors (Lipinski definition) is 5. The summed E-state index contributed by atoms with van der Waals surface area (Å²) in [5.41, 5.74) is 0.482. The van der Waals surface area contributed by atoms with Crippen molar-refractivity contribution in [3.05, 3.63) is 41.4 Å². The van der Waals surface area contributed by atoms with Crippen molar-refractivity contribution in [1.82, 2.24) is 4.90 Å². The fourth-order valence-electron chi connectivity index (χ4n) is 5.25. The number of allylic oxidation sites excluding steroid dienone is 1. The maximum Gasteiger partial charge on any atom is 0.310 e. The Balaban J connectivity index is 1.94. The van der Waals surface area contributed by atoms with Crippen molar-refractivity contribution in [3.8, 4) is 0 Å². The number of likely N-dealkylation sites (tertiary alicyclic amines) is 1. The first kappa shape index (κ1) is 26.2. The number of unbranched alkanes of at least 4 members (excludes halogenated alkanes) is 2. The number of benzene rings is 1. The van der Waals surface area contributed by atoms with E-state index in [-0.39, 0.29) is 36.9 Å². The first-order chi connectivity index (χ1) is 16.4. The highest BCUT2D eigenvalue weighted by atomic mass is 35.5. The van der Waals surface area contributed by atoms with Crippen molar-refractivity contribution in [2.75, 3.05) is 25.1 Å². The van der Waals surface area contributed by atoms with E-state index in [0.29, 0.717) is 30.1 Å². The third-order valence-corrected chi connectivity index (χ3v) is 7.08. The minimum absolute atomic E-state index is 0.0853. The molecule has 34 heavy (non-hydrogen) atoms. The van der Waals surface area contributed by atoms with Crippen LogP contribution >= 0.6 is 11.6 Å². The molecule has 0 radical (unpaired) electrons. The Morgan fingerprint density at radius 3 is 2.59 bits per heavy atom. The summed E-state index contributed by atoms with van der Waals surface area (Å²) in [6.07, 6.45) is 7.61. The SMILES string of the molecule is CCC[C@@H]1C=C[C@H]2[C@H](C(=O)N(CCCCCO)[C@@H]2C(=O)Nc2ccccc2Cl)[C@@H]1C(=O)OCC. The third kappa shape index (κ3) is 5.63. The van der Waals surface area contributed by atoms with Gasteiger partial charge in [-0.05, 0) is 50.7 Å². The number of nitrogens with zero attached hydrogens (tertiary/aromatic N) is 1. The maximum atomic E-state index is 13.7. The van der Waals surface area contributed by atoms with Crippen LogP contribution in [-0.4, -0.2) is 53.6 Å². The van der Waals surface area contributed by atoms with Crippen LogP contribution in [0.15, 0.2) is 36.4 Å². The monoisotopic (exact) mass is 490 g/mol. The lowest BCUT2D eigenvalue weighted by Crippen LogP contribution is -2.44. The van der Waals surface area contributed by atoms with Crippen molar-refractivity contribution in [2.45, 2.75) is 52.0 Å². The number of carbonyl (C=O) groups is 3. The molecule has 0 saturated carbocycles. The predicted molar refractivity (Wildman–Crippen MR) is 131 cm³/mol. The number of hydrogen-bond donors (Lipinski definition) is 2. The molecule has 2 N–H and O–H groups in total. The Kier molecular flexibility index (Phi) is 9.54. The van der Waals surface area contributed by atoms with Crippen molar-refractivity contribution in [2.24, 2.45) is 23.7 Å². The fraction of sp³-hybridized carbons (Fsp3) is 0.577. The molecule has 5 atom stereocenters. The number of amides is 2. The standard InChI is InChI=1S/C26H35ClN2O5/c1-3-10-17-13-14-18-22(21(17)26(33)34-4-2)25(32)29(15-8-5-9-16-30)23(18)24(31)28-20-12-7-6-11-19(20)27/h6-7,11-14,17-18,21-23,30H,3-5,8-10,15-16H2,1-2H3,(H,28,31)/t17-,18+,21-,22+,23+/m1/s1. The number of para-hydroxylation sites is 1. The highest BCUT2D eigenvalue weighted by Gasteiger charge is 2.57. The van der Waals surface area contributed by atoms with Gasteiger partial charge in [-0.3, -0.25) is 14.4 Å². The van der Waals surface area contributed by atoms with Crippen LogP contribution in [0.1, 0.15) is 46.0 Å². The summed E-state index contributed by atoms with van der Waals surface area (Å²) in [7, 11) is 0. The smallest absolute Gasteiger partial charge is 0.310 e. The Hall–Kier alpha value is -2.38. The third-order valence-electron chi connectivity index (χ3n) is 6.75. The van der Waals surface area contributed by atoms with Crippen LogP contribution in [-0.2, 0) is 19.1 Å². The molecule has 2 amide bonds. The maximum absolute atomic E-state index is 13.7. The second kappa shape index (κ2) is 12.4. The number of nitrogens with one attached hydrogen (secondary N) is 1. The number of ether oxygens (including phenoxy) is 1. The lowest BCUT2D eigenvalue weighted by Gasteiger charge is -2.33. The topological polar surface area (TPSA) is 95.9 Å². The molecule has 3 rings (SSSR count). The zero-order valence-corrected chi connectivity index (χ0v) is 20.7. The number of carbonyl (C=O) groups excluding carboxylic acids is 3. The van der Waals surface area contributed by atoms with Gasteiger partial charge < -0.3 is 20.1 Å². The minimum Gasteiger partial charge on any atom is -0.466 e. The van der Waals surface area contributed by atoms with Crippen molar-refractivity contribution in [1.29, 1.82) is 0 Å². The number of fused-ring (bicyclic) bond motifs is 1. The molecule has 1 aliphatic heterocycles. The van der Waals surface area contributed by atoms with Crippen LogP contribution in [0, 0.1) is 23.7 Å². The Labute approximate surface area is 206 Å². The van der Waals surface area contributed by atoms with Gasteiger partial charge >= 0.3 is 5.97 Å². The molecule has 7 nitrogen and oxygen atoms in total. The molecule has 0 spiro atoms. The first-order valence-electron chi connectivity index (χ1n) is 12.3. The molecule has 186 valence electrons. The lowest BCUT2D eigenvalue weighted by molar-refractivity contribution is -0.155. The summed E-state index contributed by atoms with van der Waals surface area (Å²) in [6, 6.07) is 6.22. The molecule has 0 bridgehead atoms. The van der Waals surface area contributed by atoms with E-state index >= 15 is 0 Å². The van der Waals surface area contributed by atoms with Gasteiger partial charge in [-0.1, -0.05) is 49.2 Å². The summed E-state index contributed by atoms with van der Waals surface area (Å²) in [5.74, 6) is -2.66. The largest absolute Gasteiger partial charge is 0.466 e. The van der Waals surface area contributed by atoms with E-state index in [0.717, 1.165) is 19.3 Å². The summed E-state index contributed by atoms with van der Waals surface area (Å²) < 4.78 is 5.38. The quantitative estimate of drug-likeness (QED) is 0.277. The minimum atomic E-state index is -0.751. The van der Waals surface area contributed by atoms with Crippen LogP contribution in [0.4, 0.5) is 5.69 Å². The molecule has 1 aromatic carbocycles. The number of rotatable bonds is 11. The van der Waals surface area contributed by atoms with Gasteiger partial charge in [0.2, 0.25) is 11.8 Å². The zero-order chi connectivity index (χ0) is 24.7. The van der Waals surface area contributed by atoms with Crippen LogP contribution < -0.4 is 5.32 Å². The van der Waals surface area contributed by atoms with Gasteiger partial charge in [0, 0.05) is 19.1 Å². The van der Waals surface area contributed by atoms with E-state index in [4.69, 9.17) is 21.4 Å². The number of halogens is 1. The average Bonchev–Trinajstić information content (AvgIpc) is 3.10. The Morgan fingerprint density at radius 1 is 1.15 bits per heavy atom. The van der Waals surface area contributed by atoms with Crippen LogP contribution in [0.5, 0.6) is 0 Å². The van der Waals surface area contributed by atoms with Crippen molar-refractivity contribution >= 4 is 35.1 Å². The highest BCUT2D eigenvalue weighted by Crippen LogP contribution is 2.46. The van der Waals surface area contributed by atoms with Crippen LogP contribution in [0.2, 0.25) is 5.02 Å². The van der Waals surface area contributed by atoms with Gasteiger partial charge in [0.1, 0.15) is 6.04 Å². The second-order valence-corrected chi connectivity index (χ2v) is 9.36. The van der Waals surface area contributed by atoms with Crippen LogP contribution in [0.25, 0.3) is 0 Å². The van der Waals surface area contributed by atoms with E-state index in [1.807, 2.05) is 19.1 Å². The molecule has 1 heterocycles. The summed E-state index contributed by atoms with van der Waals surface area (Å²) in [4.78, 5) is 41.9. The molecule has 1 aromatic rings. The van der Waals surface area contributed by atoms with Crippen LogP contribution in [0.3, 0.4) is 0 Å².